The fraction of sp³-hybridized carbons (Fsp3) is 0.333. The van der Waals surface area contributed by atoms with Crippen LogP contribution >= 0.6 is 0 Å². The third-order valence-electron chi connectivity index (χ3n) is 4.55. The molecular formula is C18H21NO3S. The number of hydrogen-bond donors (Lipinski definition) is 2. The van der Waals surface area contributed by atoms with Crippen LogP contribution in [0.2, 0.25) is 0 Å². The maximum atomic E-state index is 11.5. The van der Waals surface area contributed by atoms with Crippen molar-refractivity contribution in [1.82, 2.24) is 0 Å². The molecule has 1 fully saturated rings. The average molecular weight is 331 g/mol. The molecule has 0 heterocycles. The molecule has 2 aromatic carbocycles. The number of anilines is 1. The monoisotopic (exact) mass is 331 g/mol. The van der Waals surface area contributed by atoms with Gasteiger partial charge in [-0.2, -0.15) is 0 Å². The Morgan fingerprint density at radius 3 is 2.22 bits per heavy atom. The molecule has 0 saturated heterocycles. The second kappa shape index (κ2) is 5.98. The number of hydrogen-bond acceptors (Lipinski definition) is 4. The zero-order valence-electron chi connectivity index (χ0n) is 13.1. The van der Waals surface area contributed by atoms with Gasteiger partial charge in [0.15, 0.2) is 9.84 Å². The molecule has 2 aromatic rings. The highest BCUT2D eigenvalue weighted by molar-refractivity contribution is 7.90. The lowest BCUT2D eigenvalue weighted by Crippen LogP contribution is -2.49. The Morgan fingerprint density at radius 1 is 1.09 bits per heavy atom. The topological polar surface area (TPSA) is 66.4 Å². The van der Waals surface area contributed by atoms with Gasteiger partial charge < -0.3 is 10.4 Å². The summed E-state index contributed by atoms with van der Waals surface area (Å²) in [6, 6.07) is 17.0. The van der Waals surface area contributed by atoms with E-state index in [4.69, 9.17) is 0 Å². The molecule has 3 rings (SSSR count). The summed E-state index contributed by atoms with van der Waals surface area (Å²) in [6.45, 7) is 0.715. The number of sulfone groups is 1. The molecule has 0 unspecified atom stereocenters. The number of rotatable bonds is 5. The lowest BCUT2D eigenvalue weighted by molar-refractivity contribution is 0.0242. The van der Waals surface area contributed by atoms with Crippen LogP contribution in [0.25, 0.3) is 0 Å². The van der Waals surface area contributed by atoms with E-state index in [0.717, 1.165) is 18.5 Å². The van der Waals surface area contributed by atoms with Crippen molar-refractivity contribution in [3.05, 3.63) is 60.2 Å². The third kappa shape index (κ3) is 3.41. The second-order valence-electron chi connectivity index (χ2n) is 6.36. The molecule has 0 aliphatic heterocycles. The zero-order valence-corrected chi connectivity index (χ0v) is 13.9. The van der Waals surface area contributed by atoms with Gasteiger partial charge in [-0.15, -0.1) is 0 Å². The molecule has 5 heteroatoms. The number of aliphatic hydroxyl groups excluding tert-OH is 1. The van der Waals surface area contributed by atoms with Gasteiger partial charge in [0.1, 0.15) is 0 Å². The molecule has 0 radical (unpaired) electrons. The van der Waals surface area contributed by atoms with Crippen molar-refractivity contribution < 1.29 is 13.5 Å². The Kier molecular flexibility index (Phi) is 4.17. The van der Waals surface area contributed by atoms with Crippen LogP contribution in [-0.4, -0.2) is 32.4 Å². The molecule has 0 bridgehead atoms. The fourth-order valence-corrected chi connectivity index (χ4v) is 3.84. The summed E-state index contributed by atoms with van der Waals surface area (Å²) in [5.74, 6) is 0. The van der Waals surface area contributed by atoms with Crippen molar-refractivity contribution >= 4 is 15.5 Å². The summed E-state index contributed by atoms with van der Waals surface area (Å²) in [4.78, 5) is 0.319. The Labute approximate surface area is 137 Å². The largest absolute Gasteiger partial charge is 0.393 e. The van der Waals surface area contributed by atoms with Crippen LogP contribution < -0.4 is 5.32 Å². The van der Waals surface area contributed by atoms with E-state index in [2.05, 4.69) is 17.4 Å². The molecule has 1 aliphatic rings. The highest BCUT2D eigenvalue weighted by Gasteiger charge is 2.44. The highest BCUT2D eigenvalue weighted by Crippen LogP contribution is 2.43. The average Bonchev–Trinajstić information content (AvgIpc) is 2.51. The molecular weight excluding hydrogens is 310 g/mol. The minimum absolute atomic E-state index is 0.0593. The van der Waals surface area contributed by atoms with Crippen molar-refractivity contribution in [2.24, 2.45) is 0 Å². The Hall–Kier alpha value is -1.85. The lowest BCUT2D eigenvalue weighted by Gasteiger charge is -2.46. The molecule has 0 atom stereocenters. The first-order valence-corrected chi connectivity index (χ1v) is 9.56. The van der Waals surface area contributed by atoms with Gasteiger partial charge in [-0.1, -0.05) is 30.3 Å². The van der Waals surface area contributed by atoms with Crippen molar-refractivity contribution in [2.45, 2.75) is 29.3 Å². The van der Waals surface area contributed by atoms with Gasteiger partial charge in [-0.05, 0) is 42.7 Å². The van der Waals surface area contributed by atoms with Crippen molar-refractivity contribution in [2.75, 3.05) is 18.1 Å². The predicted octanol–water partition coefficient (Wildman–Crippen LogP) is 2.59. The van der Waals surface area contributed by atoms with Gasteiger partial charge in [0, 0.05) is 23.9 Å². The number of aliphatic hydroxyl groups is 1. The Bertz CT molecular complexity index is 764. The highest BCUT2D eigenvalue weighted by atomic mass is 32.2. The van der Waals surface area contributed by atoms with Crippen LogP contribution in [0.1, 0.15) is 18.4 Å². The summed E-state index contributed by atoms with van der Waals surface area (Å²) in [7, 11) is -3.17. The van der Waals surface area contributed by atoms with Gasteiger partial charge in [-0.3, -0.25) is 0 Å². The molecule has 122 valence electrons. The molecule has 1 aliphatic carbocycles. The van der Waals surface area contributed by atoms with Gasteiger partial charge in [0.25, 0.3) is 0 Å². The quantitative estimate of drug-likeness (QED) is 0.884. The summed E-state index contributed by atoms with van der Waals surface area (Å²) < 4.78 is 23.0. The first-order valence-electron chi connectivity index (χ1n) is 7.67. The number of benzene rings is 2. The first-order chi connectivity index (χ1) is 10.9. The summed E-state index contributed by atoms with van der Waals surface area (Å²) in [5.41, 5.74) is 2.05. The molecule has 1 saturated carbocycles. The van der Waals surface area contributed by atoms with E-state index in [-0.39, 0.29) is 11.5 Å². The molecule has 2 N–H and O–H groups in total. The summed E-state index contributed by atoms with van der Waals surface area (Å²) >= 11 is 0. The van der Waals surface area contributed by atoms with E-state index in [1.165, 1.54) is 11.8 Å². The molecule has 0 amide bonds. The van der Waals surface area contributed by atoms with E-state index < -0.39 is 9.84 Å². The zero-order chi connectivity index (χ0) is 16.5. The maximum Gasteiger partial charge on any atom is 0.175 e. The fourth-order valence-electron chi connectivity index (χ4n) is 3.21. The normalized spacial score (nSPS) is 24.0. The molecule has 4 nitrogen and oxygen atoms in total. The van der Waals surface area contributed by atoms with Crippen LogP contribution in [0.5, 0.6) is 0 Å². The molecule has 23 heavy (non-hydrogen) atoms. The number of nitrogens with one attached hydrogen (secondary N) is 1. The lowest BCUT2D eigenvalue weighted by atomic mass is 9.62. The summed E-state index contributed by atoms with van der Waals surface area (Å²) in [5, 5.41) is 13.2. The Balaban J connectivity index is 1.73. The third-order valence-corrected chi connectivity index (χ3v) is 5.68. The van der Waals surface area contributed by atoms with E-state index >= 15 is 0 Å². The van der Waals surface area contributed by atoms with E-state index in [1.54, 1.807) is 24.3 Å². The second-order valence-corrected chi connectivity index (χ2v) is 8.37. The first kappa shape index (κ1) is 16.0. The minimum atomic E-state index is -3.17. The van der Waals surface area contributed by atoms with Crippen molar-refractivity contribution in [3.63, 3.8) is 0 Å². The van der Waals surface area contributed by atoms with Gasteiger partial charge >= 0.3 is 0 Å². The van der Waals surface area contributed by atoms with Crippen LogP contribution in [0.4, 0.5) is 5.69 Å². The van der Waals surface area contributed by atoms with Crippen LogP contribution in [0.15, 0.2) is 59.5 Å². The SMILES string of the molecule is CS(=O)(=O)c1ccc(NCC2(c3ccccc3)CC(O)C2)cc1. The van der Waals surface area contributed by atoms with Crippen LogP contribution in [0, 0.1) is 0 Å². The summed E-state index contributed by atoms with van der Waals surface area (Å²) in [6.07, 6.45) is 2.44. The maximum absolute atomic E-state index is 11.5. The predicted molar refractivity (Wildman–Crippen MR) is 91.4 cm³/mol. The standard InChI is InChI=1S/C18H21NO3S/c1-23(21,22)17-9-7-15(8-10-17)19-13-18(11-16(20)12-18)14-5-3-2-4-6-14/h2-10,16,19-20H,11-13H2,1H3. The van der Waals surface area contributed by atoms with Gasteiger partial charge in [0.05, 0.1) is 11.0 Å². The van der Waals surface area contributed by atoms with Crippen LogP contribution in [0.3, 0.4) is 0 Å². The molecule has 0 aromatic heterocycles. The minimum Gasteiger partial charge on any atom is -0.393 e. The van der Waals surface area contributed by atoms with Crippen molar-refractivity contribution in [3.8, 4) is 0 Å². The van der Waals surface area contributed by atoms with Crippen molar-refractivity contribution in [1.29, 1.82) is 0 Å². The van der Waals surface area contributed by atoms with E-state index in [9.17, 15) is 13.5 Å². The Morgan fingerprint density at radius 2 is 1.70 bits per heavy atom. The van der Waals surface area contributed by atoms with Gasteiger partial charge in [-0.25, -0.2) is 8.42 Å². The van der Waals surface area contributed by atoms with Gasteiger partial charge in [0.2, 0.25) is 0 Å². The molecule has 0 spiro atoms. The smallest absolute Gasteiger partial charge is 0.175 e. The van der Waals surface area contributed by atoms with Crippen LogP contribution in [-0.2, 0) is 15.3 Å². The van der Waals surface area contributed by atoms with E-state index in [1.807, 2.05) is 18.2 Å². The van der Waals surface area contributed by atoms with E-state index in [0.29, 0.717) is 11.4 Å².